The third kappa shape index (κ3) is 1.96. The molecule has 0 saturated heterocycles. The fraction of sp³-hybridized carbons (Fsp3) is 0.364. The van der Waals surface area contributed by atoms with Crippen LogP contribution in [0.5, 0.6) is 0 Å². The average molecular weight is 222 g/mol. The molecule has 0 aliphatic heterocycles. The van der Waals surface area contributed by atoms with E-state index >= 15 is 0 Å². The summed E-state index contributed by atoms with van der Waals surface area (Å²) in [7, 11) is 0. The Kier molecular flexibility index (Phi) is 2.40. The Balaban J connectivity index is 2.47. The fourth-order valence-corrected chi connectivity index (χ4v) is 2.61. The normalized spacial score (nSPS) is 12.0. The summed E-state index contributed by atoms with van der Waals surface area (Å²) in [5.41, 5.74) is 1.17. The van der Waals surface area contributed by atoms with Gasteiger partial charge in [0.1, 0.15) is 5.01 Å². The Hall–Kier alpha value is -1.13. The summed E-state index contributed by atoms with van der Waals surface area (Å²) in [5, 5.41) is 10.9. The number of nitrogens with one attached hydrogen (secondary N) is 1. The summed E-state index contributed by atoms with van der Waals surface area (Å²) in [4.78, 5) is 8.39. The molecule has 0 aliphatic carbocycles. The number of nitrogens with zero attached hydrogens (tertiary/aromatic N) is 1. The Morgan fingerprint density at radius 1 is 1.47 bits per heavy atom. The highest BCUT2D eigenvalue weighted by Crippen LogP contribution is 2.34. The van der Waals surface area contributed by atoms with E-state index in [2.05, 4.69) is 9.97 Å². The molecule has 0 fully saturated rings. The second-order valence-corrected chi connectivity index (χ2v) is 5.09. The molecule has 0 amide bonds. The van der Waals surface area contributed by atoms with Gasteiger partial charge in [0.15, 0.2) is 0 Å². The maximum absolute atomic E-state index is 9.94. The molecule has 15 heavy (non-hydrogen) atoms. The standard InChI is InChI=1S/C11H14N2OS/c1-7-9(11(2,3)14)15-10(13-7)8-4-5-12-6-8/h4-6,12,14H,1-3H3. The maximum atomic E-state index is 9.94. The molecular weight excluding hydrogens is 208 g/mol. The maximum Gasteiger partial charge on any atom is 0.125 e. The van der Waals surface area contributed by atoms with Crippen LogP contribution in [0.1, 0.15) is 24.4 Å². The van der Waals surface area contributed by atoms with E-state index in [1.807, 2.05) is 25.4 Å². The van der Waals surface area contributed by atoms with Gasteiger partial charge in [-0.2, -0.15) is 0 Å². The van der Waals surface area contributed by atoms with Crippen molar-refractivity contribution in [3.63, 3.8) is 0 Å². The number of aliphatic hydroxyl groups is 1. The molecule has 4 heteroatoms. The SMILES string of the molecule is Cc1nc(-c2cc[nH]c2)sc1C(C)(C)O. The Morgan fingerprint density at radius 2 is 2.20 bits per heavy atom. The number of thiazole rings is 1. The topological polar surface area (TPSA) is 48.9 Å². The summed E-state index contributed by atoms with van der Waals surface area (Å²) in [5.74, 6) is 0. The number of aryl methyl sites for hydroxylation is 1. The monoisotopic (exact) mass is 222 g/mol. The molecule has 0 unspecified atom stereocenters. The molecule has 0 saturated carbocycles. The van der Waals surface area contributed by atoms with Gasteiger partial charge in [0, 0.05) is 18.0 Å². The lowest BCUT2D eigenvalue weighted by atomic mass is 10.1. The number of H-pyrrole nitrogens is 1. The molecule has 0 atom stereocenters. The van der Waals surface area contributed by atoms with Crippen LogP contribution >= 0.6 is 11.3 Å². The van der Waals surface area contributed by atoms with Gasteiger partial charge in [-0.3, -0.25) is 0 Å². The van der Waals surface area contributed by atoms with Crippen LogP contribution in [0.15, 0.2) is 18.5 Å². The molecule has 2 rings (SSSR count). The molecule has 0 radical (unpaired) electrons. The van der Waals surface area contributed by atoms with E-state index in [-0.39, 0.29) is 0 Å². The van der Waals surface area contributed by atoms with Crippen LogP contribution in [0.25, 0.3) is 10.6 Å². The molecule has 3 nitrogen and oxygen atoms in total. The van der Waals surface area contributed by atoms with Crippen molar-refractivity contribution in [2.24, 2.45) is 0 Å². The van der Waals surface area contributed by atoms with Gasteiger partial charge >= 0.3 is 0 Å². The lowest BCUT2D eigenvalue weighted by molar-refractivity contribution is 0.0817. The van der Waals surface area contributed by atoms with Crippen LogP contribution in [-0.2, 0) is 5.60 Å². The first-order valence-corrected chi connectivity index (χ1v) is 5.63. The predicted octanol–water partition coefficient (Wildman–Crippen LogP) is 2.67. The minimum atomic E-state index is -0.809. The molecule has 0 aliphatic rings. The molecule has 80 valence electrons. The summed E-state index contributed by atoms with van der Waals surface area (Å²) in [6, 6.07) is 1.98. The zero-order chi connectivity index (χ0) is 11.1. The fourth-order valence-electron chi connectivity index (χ4n) is 1.54. The predicted molar refractivity (Wildman–Crippen MR) is 61.9 cm³/mol. The third-order valence-electron chi connectivity index (χ3n) is 2.20. The minimum Gasteiger partial charge on any atom is -0.385 e. The largest absolute Gasteiger partial charge is 0.385 e. The van der Waals surface area contributed by atoms with Crippen molar-refractivity contribution < 1.29 is 5.11 Å². The number of hydrogen-bond acceptors (Lipinski definition) is 3. The Morgan fingerprint density at radius 3 is 2.67 bits per heavy atom. The van der Waals surface area contributed by atoms with Gasteiger partial charge in [-0.05, 0) is 26.8 Å². The van der Waals surface area contributed by atoms with Crippen molar-refractivity contribution in [1.82, 2.24) is 9.97 Å². The highest BCUT2D eigenvalue weighted by molar-refractivity contribution is 7.15. The molecule has 2 heterocycles. The smallest absolute Gasteiger partial charge is 0.125 e. The van der Waals surface area contributed by atoms with E-state index in [1.165, 1.54) is 0 Å². The Labute approximate surface area is 92.8 Å². The summed E-state index contributed by atoms with van der Waals surface area (Å²) in [6.45, 7) is 5.50. The Bertz CT molecular complexity index is 451. The van der Waals surface area contributed by atoms with Crippen molar-refractivity contribution in [1.29, 1.82) is 0 Å². The van der Waals surface area contributed by atoms with Crippen LogP contribution in [0.3, 0.4) is 0 Å². The summed E-state index contributed by atoms with van der Waals surface area (Å²) < 4.78 is 0. The molecule has 0 spiro atoms. The van der Waals surface area contributed by atoms with Crippen molar-refractivity contribution in [3.8, 4) is 10.6 Å². The van der Waals surface area contributed by atoms with E-state index in [0.717, 1.165) is 21.1 Å². The lowest BCUT2D eigenvalue weighted by Gasteiger charge is -2.14. The minimum absolute atomic E-state index is 0.809. The number of aromatic amines is 1. The zero-order valence-corrected chi connectivity index (χ0v) is 9.85. The second-order valence-electron chi connectivity index (χ2n) is 4.09. The van der Waals surface area contributed by atoms with E-state index in [9.17, 15) is 5.11 Å². The van der Waals surface area contributed by atoms with E-state index in [4.69, 9.17) is 0 Å². The van der Waals surface area contributed by atoms with Gasteiger partial charge in [-0.25, -0.2) is 4.98 Å². The van der Waals surface area contributed by atoms with Crippen molar-refractivity contribution in [3.05, 3.63) is 29.0 Å². The highest BCUT2D eigenvalue weighted by Gasteiger charge is 2.23. The van der Waals surface area contributed by atoms with Gasteiger partial charge in [0.2, 0.25) is 0 Å². The highest BCUT2D eigenvalue weighted by atomic mass is 32.1. The first-order chi connectivity index (χ1) is 6.98. The van der Waals surface area contributed by atoms with E-state index < -0.39 is 5.60 Å². The quantitative estimate of drug-likeness (QED) is 0.820. The second kappa shape index (κ2) is 3.47. The number of aromatic nitrogens is 2. The molecular formula is C11H14N2OS. The molecule has 0 bridgehead atoms. The first kappa shape index (κ1) is 10.4. The van der Waals surface area contributed by atoms with E-state index in [1.54, 1.807) is 25.2 Å². The van der Waals surface area contributed by atoms with Crippen molar-refractivity contribution in [2.75, 3.05) is 0 Å². The van der Waals surface area contributed by atoms with Crippen LogP contribution < -0.4 is 0 Å². The van der Waals surface area contributed by atoms with Gasteiger partial charge < -0.3 is 10.1 Å². The van der Waals surface area contributed by atoms with Crippen molar-refractivity contribution >= 4 is 11.3 Å². The number of hydrogen-bond donors (Lipinski definition) is 2. The lowest BCUT2D eigenvalue weighted by Crippen LogP contribution is -2.14. The zero-order valence-electron chi connectivity index (χ0n) is 9.03. The van der Waals surface area contributed by atoms with Crippen LogP contribution in [-0.4, -0.2) is 15.1 Å². The van der Waals surface area contributed by atoms with Gasteiger partial charge in [-0.15, -0.1) is 11.3 Å². The van der Waals surface area contributed by atoms with Gasteiger partial charge in [0.25, 0.3) is 0 Å². The molecule has 2 aromatic heterocycles. The van der Waals surface area contributed by atoms with Gasteiger partial charge in [0.05, 0.1) is 16.2 Å². The van der Waals surface area contributed by atoms with Crippen LogP contribution in [0, 0.1) is 6.92 Å². The van der Waals surface area contributed by atoms with E-state index in [0.29, 0.717) is 0 Å². The molecule has 2 aromatic rings. The van der Waals surface area contributed by atoms with Crippen LogP contribution in [0.4, 0.5) is 0 Å². The third-order valence-corrected chi connectivity index (χ3v) is 3.72. The number of rotatable bonds is 2. The molecule has 2 N–H and O–H groups in total. The van der Waals surface area contributed by atoms with Gasteiger partial charge in [-0.1, -0.05) is 0 Å². The van der Waals surface area contributed by atoms with Crippen LogP contribution in [0.2, 0.25) is 0 Å². The van der Waals surface area contributed by atoms with Crippen molar-refractivity contribution in [2.45, 2.75) is 26.4 Å². The summed E-state index contributed by atoms with van der Waals surface area (Å²) in [6.07, 6.45) is 3.78. The molecule has 0 aromatic carbocycles. The summed E-state index contributed by atoms with van der Waals surface area (Å²) >= 11 is 1.54. The average Bonchev–Trinajstić information content (AvgIpc) is 2.68. The first-order valence-electron chi connectivity index (χ1n) is 4.82.